The maximum atomic E-state index is 12.6. The Morgan fingerprint density at radius 2 is 1.84 bits per heavy atom. The first-order chi connectivity index (χ1) is 12.0. The number of nitrogens with one attached hydrogen (secondary N) is 1. The number of hydrogen-bond acceptors (Lipinski definition) is 4. The zero-order valence-electron chi connectivity index (χ0n) is 14.8. The average molecular weight is 339 g/mol. The minimum atomic E-state index is -0.244. The number of carbonyl (C=O) groups excluding carboxylic acids is 1. The molecule has 0 aliphatic heterocycles. The summed E-state index contributed by atoms with van der Waals surface area (Å²) in [5.74, 6) is 1.67. The molecule has 6 heteroatoms. The second-order valence-electron chi connectivity index (χ2n) is 5.76. The first-order valence-corrected chi connectivity index (χ1v) is 7.96. The minimum Gasteiger partial charge on any atom is -0.496 e. The number of hydrogen-bond donors (Lipinski definition) is 1. The lowest BCUT2D eigenvalue weighted by Crippen LogP contribution is -2.24. The molecule has 3 aromatic rings. The van der Waals surface area contributed by atoms with Crippen molar-refractivity contribution in [3.8, 4) is 11.5 Å². The van der Waals surface area contributed by atoms with Crippen LogP contribution in [0.5, 0.6) is 11.5 Å². The monoisotopic (exact) mass is 339 g/mol. The minimum absolute atomic E-state index is 0.244. The van der Waals surface area contributed by atoms with Crippen LogP contribution in [0.25, 0.3) is 11.0 Å². The molecule has 0 fully saturated rings. The zero-order chi connectivity index (χ0) is 18.0. The number of fused-ring (bicyclic) bond motifs is 1. The number of aryl methyl sites for hydroxylation is 2. The van der Waals surface area contributed by atoms with E-state index >= 15 is 0 Å². The smallest absolute Gasteiger partial charge is 0.259 e. The van der Waals surface area contributed by atoms with Crippen molar-refractivity contribution in [3.63, 3.8) is 0 Å². The highest BCUT2D eigenvalue weighted by Crippen LogP contribution is 2.28. The number of ether oxygens (including phenoxy) is 2. The van der Waals surface area contributed by atoms with Gasteiger partial charge in [-0.25, -0.2) is 4.98 Å². The molecule has 0 saturated carbocycles. The lowest BCUT2D eigenvalue weighted by molar-refractivity contribution is 0.0944. The van der Waals surface area contributed by atoms with E-state index in [1.807, 2.05) is 36.7 Å². The van der Waals surface area contributed by atoms with Crippen molar-refractivity contribution in [1.82, 2.24) is 14.9 Å². The van der Waals surface area contributed by atoms with Crippen molar-refractivity contribution in [3.05, 3.63) is 53.3 Å². The molecule has 0 bridgehead atoms. The summed E-state index contributed by atoms with van der Waals surface area (Å²) in [5.41, 5.74) is 3.36. The van der Waals surface area contributed by atoms with E-state index in [-0.39, 0.29) is 5.91 Å². The first-order valence-electron chi connectivity index (χ1n) is 7.96. The molecule has 130 valence electrons. The van der Waals surface area contributed by atoms with E-state index < -0.39 is 0 Å². The van der Waals surface area contributed by atoms with E-state index in [1.165, 1.54) is 14.2 Å². The molecule has 0 atom stereocenters. The van der Waals surface area contributed by atoms with Crippen molar-refractivity contribution >= 4 is 16.9 Å². The van der Waals surface area contributed by atoms with Crippen molar-refractivity contribution in [1.29, 1.82) is 0 Å². The summed E-state index contributed by atoms with van der Waals surface area (Å²) in [6, 6.07) is 11.2. The third kappa shape index (κ3) is 3.15. The van der Waals surface area contributed by atoms with Crippen molar-refractivity contribution in [2.75, 3.05) is 14.2 Å². The van der Waals surface area contributed by atoms with Gasteiger partial charge in [0.15, 0.2) is 0 Å². The quantitative estimate of drug-likeness (QED) is 0.776. The SMILES string of the molecule is COc1cccc(OC)c1C(=O)NCc1ccc2c(c1)nc(C)n2C. The van der Waals surface area contributed by atoms with Crippen molar-refractivity contribution in [2.45, 2.75) is 13.5 Å². The molecule has 0 aliphatic rings. The molecular formula is C19H21N3O3. The molecule has 25 heavy (non-hydrogen) atoms. The summed E-state index contributed by atoms with van der Waals surface area (Å²) in [6.07, 6.45) is 0. The highest BCUT2D eigenvalue weighted by Gasteiger charge is 2.18. The van der Waals surface area contributed by atoms with Crippen LogP contribution in [0.4, 0.5) is 0 Å². The Kier molecular flexibility index (Phi) is 4.61. The van der Waals surface area contributed by atoms with Gasteiger partial charge in [-0.2, -0.15) is 0 Å². The topological polar surface area (TPSA) is 65.4 Å². The van der Waals surface area contributed by atoms with Crippen LogP contribution < -0.4 is 14.8 Å². The molecule has 2 aromatic carbocycles. The Balaban J connectivity index is 1.81. The number of benzene rings is 2. The lowest BCUT2D eigenvalue weighted by atomic mass is 10.1. The molecule has 3 rings (SSSR count). The van der Waals surface area contributed by atoms with Crippen molar-refractivity contribution < 1.29 is 14.3 Å². The molecule has 0 aliphatic carbocycles. The third-order valence-corrected chi connectivity index (χ3v) is 4.28. The highest BCUT2D eigenvalue weighted by molar-refractivity contribution is 5.99. The van der Waals surface area contributed by atoms with Gasteiger partial charge < -0.3 is 19.4 Å². The average Bonchev–Trinajstić information content (AvgIpc) is 2.92. The van der Waals surface area contributed by atoms with Gasteiger partial charge >= 0.3 is 0 Å². The fraction of sp³-hybridized carbons (Fsp3) is 0.263. The first kappa shape index (κ1) is 16.8. The van der Waals surface area contributed by atoms with Gasteiger partial charge in [0, 0.05) is 13.6 Å². The van der Waals surface area contributed by atoms with Crippen LogP contribution in [0.1, 0.15) is 21.7 Å². The fourth-order valence-corrected chi connectivity index (χ4v) is 2.82. The predicted octanol–water partition coefficient (Wildman–Crippen LogP) is 2.83. The summed E-state index contributed by atoms with van der Waals surface area (Å²) in [4.78, 5) is 17.1. The van der Waals surface area contributed by atoms with Crippen molar-refractivity contribution in [2.24, 2.45) is 7.05 Å². The van der Waals surface area contributed by atoms with Crippen LogP contribution in [-0.4, -0.2) is 29.7 Å². The summed E-state index contributed by atoms with van der Waals surface area (Å²) in [5, 5.41) is 2.92. The molecule has 0 unspecified atom stereocenters. The summed E-state index contributed by atoms with van der Waals surface area (Å²) >= 11 is 0. The standard InChI is InChI=1S/C19H21N3O3/c1-12-21-14-10-13(8-9-15(14)22(12)2)11-20-19(23)18-16(24-3)6-5-7-17(18)25-4/h5-10H,11H2,1-4H3,(H,20,23). The van der Waals surface area contributed by atoms with Gasteiger partial charge in [-0.3, -0.25) is 4.79 Å². The van der Waals surface area contributed by atoms with Crippen LogP contribution >= 0.6 is 0 Å². The van der Waals surface area contributed by atoms with E-state index in [1.54, 1.807) is 18.2 Å². The molecule has 0 radical (unpaired) electrons. The van der Waals surface area contributed by atoms with Crippen LogP contribution in [0.3, 0.4) is 0 Å². The van der Waals surface area contributed by atoms with Gasteiger partial charge in [0.25, 0.3) is 5.91 Å². The molecule has 6 nitrogen and oxygen atoms in total. The largest absolute Gasteiger partial charge is 0.496 e. The Morgan fingerprint density at radius 1 is 1.16 bits per heavy atom. The van der Waals surface area contributed by atoms with Crippen LogP contribution in [-0.2, 0) is 13.6 Å². The number of carbonyl (C=O) groups is 1. The molecule has 0 saturated heterocycles. The van der Waals surface area contributed by atoms with Crippen LogP contribution in [0.2, 0.25) is 0 Å². The summed E-state index contributed by atoms with van der Waals surface area (Å²) in [6.45, 7) is 2.36. The molecular weight excluding hydrogens is 318 g/mol. The normalized spacial score (nSPS) is 10.7. The summed E-state index contributed by atoms with van der Waals surface area (Å²) < 4.78 is 12.6. The van der Waals surface area contributed by atoms with E-state index in [2.05, 4.69) is 10.3 Å². The van der Waals surface area contributed by atoms with Gasteiger partial charge in [0.05, 0.1) is 25.3 Å². The van der Waals surface area contributed by atoms with Gasteiger partial charge in [-0.1, -0.05) is 12.1 Å². The molecule has 1 aromatic heterocycles. The van der Waals surface area contributed by atoms with E-state index in [9.17, 15) is 4.79 Å². The van der Waals surface area contributed by atoms with Gasteiger partial charge in [-0.05, 0) is 36.8 Å². The van der Waals surface area contributed by atoms with E-state index in [0.717, 1.165) is 22.4 Å². The van der Waals surface area contributed by atoms with E-state index in [4.69, 9.17) is 9.47 Å². The van der Waals surface area contributed by atoms with Gasteiger partial charge in [0.2, 0.25) is 0 Å². The third-order valence-electron chi connectivity index (χ3n) is 4.28. The number of imidazole rings is 1. The Morgan fingerprint density at radius 3 is 2.48 bits per heavy atom. The number of rotatable bonds is 5. The Labute approximate surface area is 146 Å². The predicted molar refractivity (Wildman–Crippen MR) is 96.2 cm³/mol. The second-order valence-corrected chi connectivity index (χ2v) is 5.76. The Bertz CT molecular complexity index is 909. The fourth-order valence-electron chi connectivity index (χ4n) is 2.82. The zero-order valence-corrected chi connectivity index (χ0v) is 14.8. The number of amides is 1. The van der Waals surface area contributed by atoms with E-state index in [0.29, 0.717) is 23.6 Å². The Hall–Kier alpha value is -3.02. The molecule has 0 spiro atoms. The number of nitrogens with zero attached hydrogens (tertiary/aromatic N) is 2. The maximum absolute atomic E-state index is 12.6. The van der Waals surface area contributed by atoms with Gasteiger partial charge in [-0.15, -0.1) is 0 Å². The maximum Gasteiger partial charge on any atom is 0.259 e. The molecule has 1 amide bonds. The van der Waals surface area contributed by atoms with Crippen LogP contribution in [0.15, 0.2) is 36.4 Å². The summed E-state index contributed by atoms with van der Waals surface area (Å²) in [7, 11) is 5.05. The second kappa shape index (κ2) is 6.84. The van der Waals surface area contributed by atoms with Gasteiger partial charge in [0.1, 0.15) is 22.9 Å². The number of methoxy groups -OCH3 is 2. The molecule has 1 heterocycles. The lowest BCUT2D eigenvalue weighted by Gasteiger charge is -2.13. The molecule has 1 N–H and O–H groups in total. The highest BCUT2D eigenvalue weighted by atomic mass is 16.5. The number of aromatic nitrogens is 2. The van der Waals surface area contributed by atoms with Crippen LogP contribution in [0, 0.1) is 6.92 Å².